The molecule has 2 rings (SSSR count). The van der Waals surface area contributed by atoms with Crippen molar-refractivity contribution in [3.63, 3.8) is 0 Å². The highest BCUT2D eigenvalue weighted by Crippen LogP contribution is 2.20. The normalized spacial score (nSPS) is 13.8. The maximum atomic E-state index is 13.7. The van der Waals surface area contributed by atoms with Gasteiger partial charge in [0.15, 0.2) is 0 Å². The average molecular weight is 436 g/mol. The molecule has 0 amide bonds. The Morgan fingerprint density at radius 2 is 1.85 bits per heavy atom. The van der Waals surface area contributed by atoms with Crippen molar-refractivity contribution in [2.45, 2.75) is 30.6 Å². The summed E-state index contributed by atoms with van der Waals surface area (Å²) in [6.07, 6.45) is -1.41. The zero-order valence-electron chi connectivity index (χ0n) is 14.0. The van der Waals surface area contributed by atoms with Crippen molar-refractivity contribution in [1.82, 2.24) is 4.72 Å². The van der Waals surface area contributed by atoms with Crippen LogP contribution in [0, 0.1) is 5.82 Å². The summed E-state index contributed by atoms with van der Waals surface area (Å²) in [7, 11) is -4.14. The molecule has 0 spiro atoms. The fraction of sp³-hybridized carbons (Fsp3) is 0.235. The van der Waals surface area contributed by atoms with E-state index in [1.165, 1.54) is 43.3 Å². The first-order valence-corrected chi connectivity index (χ1v) is 9.91. The molecule has 10 heteroatoms. The number of carbonyl (C=O) groups excluding carboxylic acids is 1. The van der Waals surface area contributed by atoms with Crippen LogP contribution in [0.3, 0.4) is 0 Å². The number of carbonyl (C=O) groups is 1. The standard InChI is InChI=1S/C17H16Cl2FNO5S/c1-10(22)16(21-27(24,25)12-7-5-11(18)6-8-12)17(23)26-9-13-14(19)3-2-4-15(13)20/h2-8,10,16,21-22H,9H2,1H3/t10-,16-/m0/s1. The van der Waals surface area contributed by atoms with Crippen molar-refractivity contribution in [2.75, 3.05) is 0 Å². The second-order valence-corrected chi connectivity index (χ2v) is 8.16. The largest absolute Gasteiger partial charge is 0.459 e. The molecule has 0 aromatic heterocycles. The van der Waals surface area contributed by atoms with Crippen LogP contribution in [0.15, 0.2) is 47.4 Å². The second-order valence-electron chi connectivity index (χ2n) is 5.60. The van der Waals surface area contributed by atoms with E-state index < -0.39 is 40.6 Å². The minimum absolute atomic E-state index is 0.0538. The summed E-state index contributed by atoms with van der Waals surface area (Å²) >= 11 is 11.6. The molecule has 146 valence electrons. The summed E-state index contributed by atoms with van der Waals surface area (Å²) in [6, 6.07) is 7.58. The fourth-order valence-electron chi connectivity index (χ4n) is 2.10. The molecule has 27 heavy (non-hydrogen) atoms. The molecule has 0 aliphatic carbocycles. The van der Waals surface area contributed by atoms with Crippen molar-refractivity contribution in [3.05, 3.63) is 63.9 Å². The summed E-state index contributed by atoms with van der Waals surface area (Å²) < 4.78 is 45.5. The third-order valence-electron chi connectivity index (χ3n) is 3.56. The first kappa shape index (κ1) is 21.6. The number of hydrogen-bond donors (Lipinski definition) is 2. The van der Waals surface area contributed by atoms with Gasteiger partial charge in [0, 0.05) is 10.6 Å². The van der Waals surface area contributed by atoms with Crippen molar-refractivity contribution in [3.8, 4) is 0 Å². The van der Waals surface area contributed by atoms with Crippen molar-refractivity contribution >= 4 is 39.2 Å². The number of sulfonamides is 1. The zero-order chi connectivity index (χ0) is 20.2. The van der Waals surface area contributed by atoms with E-state index in [-0.39, 0.29) is 15.5 Å². The maximum Gasteiger partial charge on any atom is 0.327 e. The Morgan fingerprint density at radius 3 is 2.41 bits per heavy atom. The molecule has 0 saturated carbocycles. The predicted molar refractivity (Wildman–Crippen MR) is 98.4 cm³/mol. The Balaban J connectivity index is 2.14. The molecule has 2 aromatic rings. The molecule has 6 nitrogen and oxygen atoms in total. The molecule has 0 saturated heterocycles. The minimum atomic E-state index is -4.14. The quantitative estimate of drug-likeness (QED) is 0.652. The SMILES string of the molecule is C[C@H](O)[C@H](NS(=O)(=O)c1ccc(Cl)cc1)C(=O)OCc1c(F)cccc1Cl. The van der Waals surface area contributed by atoms with Gasteiger partial charge in [-0.15, -0.1) is 0 Å². The molecule has 0 radical (unpaired) electrons. The molecule has 2 atom stereocenters. The van der Waals surface area contributed by atoms with Crippen LogP contribution in [0.2, 0.25) is 10.0 Å². The zero-order valence-corrected chi connectivity index (χ0v) is 16.4. The van der Waals surface area contributed by atoms with Crippen LogP contribution in [0.5, 0.6) is 0 Å². The smallest absolute Gasteiger partial charge is 0.327 e. The lowest BCUT2D eigenvalue weighted by atomic mass is 10.2. The predicted octanol–water partition coefficient (Wildman–Crippen LogP) is 2.90. The number of rotatable bonds is 7. The average Bonchev–Trinajstić information content (AvgIpc) is 2.59. The number of hydrogen-bond acceptors (Lipinski definition) is 5. The van der Waals surface area contributed by atoms with Gasteiger partial charge in [0.2, 0.25) is 10.0 Å². The van der Waals surface area contributed by atoms with E-state index in [1.54, 1.807) is 0 Å². The summed E-state index contributed by atoms with van der Waals surface area (Å²) in [5.41, 5.74) is -0.0579. The molecular formula is C17H16Cl2FNO5S. The van der Waals surface area contributed by atoms with Crippen LogP contribution < -0.4 is 4.72 Å². The number of halogens is 3. The second kappa shape index (κ2) is 8.99. The van der Waals surface area contributed by atoms with Gasteiger partial charge in [0.05, 0.1) is 16.0 Å². The molecule has 2 aromatic carbocycles. The van der Waals surface area contributed by atoms with Gasteiger partial charge in [0.1, 0.15) is 18.5 Å². The molecule has 0 bridgehead atoms. The maximum absolute atomic E-state index is 13.7. The highest BCUT2D eigenvalue weighted by molar-refractivity contribution is 7.89. The molecular weight excluding hydrogens is 420 g/mol. The number of aliphatic hydroxyl groups excluding tert-OH is 1. The van der Waals surface area contributed by atoms with Gasteiger partial charge < -0.3 is 9.84 Å². The molecule has 0 fully saturated rings. The monoisotopic (exact) mass is 435 g/mol. The van der Waals surface area contributed by atoms with E-state index in [2.05, 4.69) is 4.72 Å². The molecule has 0 heterocycles. The number of ether oxygens (including phenoxy) is 1. The van der Waals surface area contributed by atoms with Gasteiger partial charge in [0.25, 0.3) is 0 Å². The molecule has 0 aliphatic heterocycles. The lowest BCUT2D eigenvalue weighted by Gasteiger charge is -2.20. The number of aliphatic hydroxyl groups is 1. The Labute approximate surface area is 165 Å². The van der Waals surface area contributed by atoms with E-state index in [4.69, 9.17) is 27.9 Å². The van der Waals surface area contributed by atoms with Gasteiger partial charge in [-0.3, -0.25) is 4.79 Å². The van der Waals surface area contributed by atoms with E-state index in [0.717, 1.165) is 6.07 Å². The highest BCUT2D eigenvalue weighted by atomic mass is 35.5. The van der Waals surface area contributed by atoms with Crippen molar-refractivity contribution in [1.29, 1.82) is 0 Å². The van der Waals surface area contributed by atoms with Gasteiger partial charge in [-0.2, -0.15) is 4.72 Å². The number of nitrogens with one attached hydrogen (secondary N) is 1. The van der Waals surface area contributed by atoms with Crippen LogP contribution in [-0.2, 0) is 26.2 Å². The van der Waals surface area contributed by atoms with Crippen molar-refractivity contribution in [2.24, 2.45) is 0 Å². The summed E-state index contributed by atoms with van der Waals surface area (Å²) in [4.78, 5) is 12.1. The van der Waals surface area contributed by atoms with E-state index in [1.807, 2.05) is 0 Å². The van der Waals surface area contributed by atoms with Crippen LogP contribution in [0.4, 0.5) is 4.39 Å². The van der Waals surface area contributed by atoms with Crippen LogP contribution >= 0.6 is 23.2 Å². The summed E-state index contributed by atoms with van der Waals surface area (Å²) in [6.45, 7) is 0.697. The third-order valence-corrected chi connectivity index (χ3v) is 5.63. The highest BCUT2D eigenvalue weighted by Gasteiger charge is 2.31. The third kappa shape index (κ3) is 5.63. The van der Waals surface area contributed by atoms with Crippen LogP contribution in [-0.4, -0.2) is 31.6 Å². The number of esters is 1. The van der Waals surface area contributed by atoms with Crippen molar-refractivity contribution < 1.29 is 27.4 Å². The summed E-state index contributed by atoms with van der Waals surface area (Å²) in [5.74, 6) is -1.76. The van der Waals surface area contributed by atoms with Gasteiger partial charge in [-0.05, 0) is 43.3 Å². The van der Waals surface area contributed by atoms with Gasteiger partial charge in [-0.25, -0.2) is 12.8 Å². The van der Waals surface area contributed by atoms with Crippen LogP contribution in [0.1, 0.15) is 12.5 Å². The Bertz CT molecular complexity index is 899. The van der Waals surface area contributed by atoms with E-state index in [9.17, 15) is 22.7 Å². The van der Waals surface area contributed by atoms with Gasteiger partial charge >= 0.3 is 5.97 Å². The fourth-order valence-corrected chi connectivity index (χ4v) is 3.70. The lowest BCUT2D eigenvalue weighted by molar-refractivity contribution is -0.149. The number of benzene rings is 2. The van der Waals surface area contributed by atoms with E-state index >= 15 is 0 Å². The lowest BCUT2D eigenvalue weighted by Crippen LogP contribution is -2.48. The minimum Gasteiger partial charge on any atom is -0.459 e. The Hall–Kier alpha value is -1.71. The molecule has 2 N–H and O–H groups in total. The Kier molecular flexibility index (Phi) is 7.19. The molecule has 0 unspecified atom stereocenters. The summed E-state index contributed by atoms with van der Waals surface area (Å²) in [5, 5.41) is 10.2. The first-order valence-electron chi connectivity index (χ1n) is 7.67. The van der Waals surface area contributed by atoms with Gasteiger partial charge in [-0.1, -0.05) is 29.3 Å². The molecule has 0 aliphatic rings. The Morgan fingerprint density at radius 1 is 1.22 bits per heavy atom. The van der Waals surface area contributed by atoms with E-state index in [0.29, 0.717) is 5.02 Å². The first-order chi connectivity index (χ1) is 12.6. The van der Waals surface area contributed by atoms with Crippen LogP contribution in [0.25, 0.3) is 0 Å². The topological polar surface area (TPSA) is 92.7 Å².